The number of ketones is 1. The van der Waals surface area contributed by atoms with E-state index in [1.54, 1.807) is 18.2 Å². The molecule has 0 fully saturated rings. The third-order valence-corrected chi connectivity index (χ3v) is 4.21. The first kappa shape index (κ1) is 17.6. The van der Waals surface area contributed by atoms with Crippen LogP contribution in [0.4, 0.5) is 0 Å². The monoisotopic (exact) mass is 348 g/mol. The Balaban J connectivity index is 1.49. The number of nitrogens with one attached hydrogen (secondary N) is 2. The van der Waals surface area contributed by atoms with Gasteiger partial charge in [0.15, 0.2) is 5.78 Å². The van der Waals surface area contributed by atoms with Crippen LogP contribution in [0, 0.1) is 0 Å². The summed E-state index contributed by atoms with van der Waals surface area (Å²) in [6, 6.07) is 18.3. The van der Waals surface area contributed by atoms with Crippen molar-refractivity contribution in [3.63, 3.8) is 0 Å². The molecule has 2 N–H and O–H groups in total. The smallest absolute Gasteiger partial charge is 0.253 e. The summed E-state index contributed by atoms with van der Waals surface area (Å²) in [6.45, 7) is 0.172. The molecule has 1 aromatic heterocycles. The Hall–Kier alpha value is -3.21. The highest BCUT2D eigenvalue weighted by molar-refractivity contribution is 5.96. The number of amides is 1. The van der Waals surface area contributed by atoms with Gasteiger partial charge in [-0.05, 0) is 23.9 Å². The zero-order chi connectivity index (χ0) is 18.4. The zero-order valence-electron chi connectivity index (χ0n) is 14.3. The second kappa shape index (κ2) is 8.25. The third-order valence-electron chi connectivity index (χ3n) is 4.21. The number of hydrogen-bond donors (Lipinski definition) is 2. The van der Waals surface area contributed by atoms with E-state index in [2.05, 4.69) is 10.3 Å². The number of aromatic nitrogens is 1. The molecule has 0 saturated carbocycles. The van der Waals surface area contributed by atoms with Gasteiger partial charge in [0.25, 0.3) is 5.56 Å². The van der Waals surface area contributed by atoms with Gasteiger partial charge in [-0.1, -0.05) is 48.5 Å². The number of carbonyl (C=O) groups is 2. The van der Waals surface area contributed by atoms with E-state index in [1.165, 1.54) is 0 Å². The Morgan fingerprint density at radius 2 is 1.65 bits per heavy atom. The normalized spacial score (nSPS) is 10.6. The Morgan fingerprint density at radius 1 is 0.923 bits per heavy atom. The van der Waals surface area contributed by atoms with Crippen LogP contribution >= 0.6 is 0 Å². The maximum absolute atomic E-state index is 12.1. The van der Waals surface area contributed by atoms with Crippen molar-refractivity contribution >= 4 is 22.6 Å². The molecule has 132 valence electrons. The van der Waals surface area contributed by atoms with Gasteiger partial charge in [0.05, 0.1) is 0 Å². The van der Waals surface area contributed by atoms with Crippen molar-refractivity contribution in [1.82, 2.24) is 10.3 Å². The van der Waals surface area contributed by atoms with Crippen LogP contribution < -0.4 is 10.9 Å². The van der Waals surface area contributed by atoms with Crippen molar-refractivity contribution in [3.05, 3.63) is 82.1 Å². The highest BCUT2D eigenvalue weighted by Crippen LogP contribution is 2.10. The van der Waals surface area contributed by atoms with Crippen molar-refractivity contribution in [1.29, 1.82) is 0 Å². The maximum atomic E-state index is 12.1. The Labute approximate surface area is 151 Å². The molecule has 1 heterocycles. The van der Waals surface area contributed by atoms with Crippen LogP contribution in [0.5, 0.6) is 0 Å². The molecule has 0 aliphatic heterocycles. The average molecular weight is 348 g/mol. The fraction of sp³-hybridized carbons (Fsp3) is 0.190. The summed E-state index contributed by atoms with van der Waals surface area (Å²) in [5, 5.41) is 3.67. The van der Waals surface area contributed by atoms with Crippen LogP contribution in [-0.4, -0.2) is 16.7 Å². The fourth-order valence-electron chi connectivity index (χ4n) is 2.78. The summed E-state index contributed by atoms with van der Waals surface area (Å²) in [6.07, 6.45) is 1.06. The quantitative estimate of drug-likeness (QED) is 0.644. The molecule has 2 aromatic carbocycles. The molecule has 0 atom stereocenters. The summed E-state index contributed by atoms with van der Waals surface area (Å²) in [7, 11) is 0. The van der Waals surface area contributed by atoms with Crippen molar-refractivity contribution in [2.24, 2.45) is 0 Å². The van der Waals surface area contributed by atoms with Crippen molar-refractivity contribution in [3.8, 4) is 0 Å². The van der Waals surface area contributed by atoms with Gasteiger partial charge in [-0.25, -0.2) is 0 Å². The molecular formula is C21H20N2O3. The van der Waals surface area contributed by atoms with Gasteiger partial charge in [0, 0.05) is 36.0 Å². The predicted octanol–water partition coefficient (Wildman–Crippen LogP) is 3.20. The molecule has 0 bridgehead atoms. The number of H-pyrrole nitrogens is 1. The number of benzene rings is 2. The molecule has 0 spiro atoms. The summed E-state index contributed by atoms with van der Waals surface area (Å²) < 4.78 is 0. The molecule has 1 amide bonds. The number of rotatable bonds is 7. The number of para-hydroxylation sites is 1. The standard InChI is InChI=1S/C21H20N2O3/c24-19(15-7-2-1-3-8-15)11-6-12-20(25)22-14-17-13-16-9-4-5-10-18(16)23-21(17)26/h1-5,7-10,13H,6,11-12,14H2,(H,22,25)(H,23,26). The molecule has 0 aliphatic rings. The van der Waals surface area contributed by atoms with Gasteiger partial charge >= 0.3 is 0 Å². The lowest BCUT2D eigenvalue weighted by Crippen LogP contribution is -2.26. The summed E-state index contributed by atoms with van der Waals surface area (Å²) in [5.41, 5.74) is 1.74. The third kappa shape index (κ3) is 4.45. The van der Waals surface area contributed by atoms with Gasteiger partial charge in [0.1, 0.15) is 0 Å². The number of carbonyl (C=O) groups excluding carboxylic acids is 2. The van der Waals surface area contributed by atoms with Crippen LogP contribution in [0.25, 0.3) is 10.9 Å². The molecule has 3 aromatic rings. The molecule has 0 radical (unpaired) electrons. The predicted molar refractivity (Wildman–Crippen MR) is 101 cm³/mol. The lowest BCUT2D eigenvalue weighted by molar-refractivity contribution is -0.121. The van der Waals surface area contributed by atoms with Gasteiger partial charge in [-0.2, -0.15) is 0 Å². The Morgan fingerprint density at radius 3 is 2.46 bits per heavy atom. The molecular weight excluding hydrogens is 328 g/mol. The largest absolute Gasteiger partial charge is 0.352 e. The molecule has 5 nitrogen and oxygen atoms in total. The number of hydrogen-bond acceptors (Lipinski definition) is 3. The second-order valence-electron chi connectivity index (χ2n) is 6.13. The van der Waals surface area contributed by atoms with Crippen LogP contribution in [0.2, 0.25) is 0 Å². The molecule has 3 rings (SSSR count). The van der Waals surface area contributed by atoms with Gasteiger partial charge in [-0.3, -0.25) is 14.4 Å². The molecule has 26 heavy (non-hydrogen) atoms. The highest BCUT2D eigenvalue weighted by atomic mass is 16.2. The number of Topliss-reactive ketones (excluding diaryl/α,β-unsaturated/α-hetero) is 1. The minimum absolute atomic E-state index is 0.0318. The zero-order valence-corrected chi connectivity index (χ0v) is 14.3. The van der Waals surface area contributed by atoms with E-state index in [1.807, 2.05) is 42.5 Å². The number of fused-ring (bicyclic) bond motifs is 1. The molecule has 5 heteroatoms. The van der Waals surface area contributed by atoms with Crippen molar-refractivity contribution in [2.45, 2.75) is 25.8 Å². The highest BCUT2D eigenvalue weighted by Gasteiger charge is 2.08. The van der Waals surface area contributed by atoms with Crippen LogP contribution in [-0.2, 0) is 11.3 Å². The minimum Gasteiger partial charge on any atom is -0.352 e. The second-order valence-corrected chi connectivity index (χ2v) is 6.13. The number of aromatic amines is 1. The van der Waals surface area contributed by atoms with E-state index in [0.29, 0.717) is 24.0 Å². The first-order valence-corrected chi connectivity index (χ1v) is 8.59. The molecule has 0 aliphatic carbocycles. The lowest BCUT2D eigenvalue weighted by atomic mass is 10.1. The van der Waals surface area contributed by atoms with E-state index in [-0.39, 0.29) is 30.2 Å². The van der Waals surface area contributed by atoms with E-state index >= 15 is 0 Å². The van der Waals surface area contributed by atoms with Crippen molar-refractivity contribution < 1.29 is 9.59 Å². The topological polar surface area (TPSA) is 79.0 Å². The van der Waals surface area contributed by atoms with E-state index < -0.39 is 0 Å². The fourth-order valence-corrected chi connectivity index (χ4v) is 2.78. The summed E-state index contributed by atoms with van der Waals surface area (Å²) in [4.78, 5) is 38.8. The van der Waals surface area contributed by atoms with Crippen LogP contribution in [0.15, 0.2) is 65.5 Å². The lowest BCUT2D eigenvalue weighted by Gasteiger charge is -2.06. The van der Waals surface area contributed by atoms with Crippen LogP contribution in [0.3, 0.4) is 0 Å². The first-order chi connectivity index (χ1) is 12.6. The molecule has 0 saturated heterocycles. The maximum Gasteiger partial charge on any atom is 0.253 e. The molecule has 0 unspecified atom stereocenters. The Kier molecular flexibility index (Phi) is 5.59. The summed E-state index contributed by atoms with van der Waals surface area (Å²) in [5.74, 6) is -0.136. The van der Waals surface area contributed by atoms with Crippen molar-refractivity contribution in [2.75, 3.05) is 0 Å². The van der Waals surface area contributed by atoms with Gasteiger partial charge in [-0.15, -0.1) is 0 Å². The minimum atomic E-state index is -0.205. The Bertz CT molecular complexity index is 977. The average Bonchev–Trinajstić information content (AvgIpc) is 2.67. The van der Waals surface area contributed by atoms with E-state index in [0.717, 1.165) is 10.9 Å². The van der Waals surface area contributed by atoms with Gasteiger partial charge < -0.3 is 10.3 Å². The van der Waals surface area contributed by atoms with E-state index in [9.17, 15) is 14.4 Å². The SMILES string of the molecule is O=C(CCCC(=O)c1ccccc1)NCc1cc2ccccc2[nH]c1=O. The summed E-state index contributed by atoms with van der Waals surface area (Å²) >= 11 is 0. The van der Waals surface area contributed by atoms with Gasteiger partial charge in [0.2, 0.25) is 5.91 Å². The first-order valence-electron chi connectivity index (χ1n) is 8.59. The number of pyridine rings is 1. The van der Waals surface area contributed by atoms with E-state index in [4.69, 9.17) is 0 Å². The van der Waals surface area contributed by atoms with Crippen LogP contribution in [0.1, 0.15) is 35.2 Å².